The van der Waals surface area contributed by atoms with Gasteiger partial charge in [0.15, 0.2) is 5.13 Å². The number of likely N-dealkylation sites (tertiary alicyclic amines) is 1. The van der Waals surface area contributed by atoms with Crippen LogP contribution in [0.5, 0.6) is 0 Å². The Kier molecular flexibility index (Phi) is 4.90. The maximum atomic E-state index is 12.7. The summed E-state index contributed by atoms with van der Waals surface area (Å²) >= 11 is 1.50. The molecule has 0 unspecified atom stereocenters. The Labute approximate surface area is 151 Å². The summed E-state index contributed by atoms with van der Waals surface area (Å²) in [4.78, 5) is 32.1. The van der Waals surface area contributed by atoms with E-state index >= 15 is 0 Å². The van der Waals surface area contributed by atoms with E-state index in [2.05, 4.69) is 10.3 Å². The van der Waals surface area contributed by atoms with E-state index in [0.29, 0.717) is 18.1 Å². The van der Waals surface area contributed by atoms with Crippen LogP contribution in [0, 0.1) is 0 Å². The summed E-state index contributed by atoms with van der Waals surface area (Å²) < 4.78 is 5.43. The number of hydrogen-bond donors (Lipinski definition) is 2. The van der Waals surface area contributed by atoms with Crippen LogP contribution in [0.15, 0.2) is 0 Å². The lowest BCUT2D eigenvalue weighted by molar-refractivity contribution is -0.126. The number of rotatable bonds is 2. The topological polar surface area (TPSA) is 97.5 Å². The van der Waals surface area contributed by atoms with Crippen molar-refractivity contribution in [3.05, 3.63) is 10.6 Å². The molecule has 1 aromatic heterocycles. The number of fused-ring (bicyclic) bond motifs is 1. The standard InChI is InChI=1S/C17H26N4O3S/c1-17(2,3)24-16(23)21-8-4-5-12(21)14(22)19-10-6-7-11-13(9-10)25-15(18)20-11/h10,12H,4-9H2,1-3H3,(H2,18,20)(H,19,22)/t10-,12-/m0/s1. The van der Waals surface area contributed by atoms with Crippen LogP contribution in [0.1, 0.15) is 50.6 Å². The third-order valence-corrected chi connectivity index (χ3v) is 5.44. The molecule has 2 amide bonds. The zero-order valence-corrected chi connectivity index (χ0v) is 15.8. The second kappa shape index (κ2) is 6.82. The Balaban J connectivity index is 1.60. The first kappa shape index (κ1) is 18.0. The van der Waals surface area contributed by atoms with Gasteiger partial charge in [0.2, 0.25) is 5.91 Å². The van der Waals surface area contributed by atoms with Gasteiger partial charge in [-0.1, -0.05) is 0 Å². The number of aryl methyl sites for hydroxylation is 1. The highest BCUT2D eigenvalue weighted by atomic mass is 32.1. The number of nitrogens with two attached hydrogens (primary N) is 1. The van der Waals surface area contributed by atoms with Crippen LogP contribution in [0.4, 0.5) is 9.93 Å². The van der Waals surface area contributed by atoms with Gasteiger partial charge in [-0.2, -0.15) is 0 Å². The van der Waals surface area contributed by atoms with E-state index in [1.54, 1.807) is 4.90 Å². The van der Waals surface area contributed by atoms with E-state index < -0.39 is 17.7 Å². The molecule has 138 valence electrons. The smallest absolute Gasteiger partial charge is 0.410 e. The van der Waals surface area contributed by atoms with Crippen LogP contribution in [-0.2, 0) is 22.4 Å². The highest BCUT2D eigenvalue weighted by Crippen LogP contribution is 2.28. The zero-order chi connectivity index (χ0) is 18.2. The van der Waals surface area contributed by atoms with Crippen LogP contribution in [0.3, 0.4) is 0 Å². The maximum Gasteiger partial charge on any atom is 0.410 e. The van der Waals surface area contributed by atoms with Gasteiger partial charge >= 0.3 is 6.09 Å². The number of aromatic nitrogens is 1. The highest BCUT2D eigenvalue weighted by molar-refractivity contribution is 7.15. The largest absolute Gasteiger partial charge is 0.444 e. The van der Waals surface area contributed by atoms with Crippen LogP contribution in [-0.4, -0.2) is 46.1 Å². The van der Waals surface area contributed by atoms with Gasteiger partial charge < -0.3 is 15.8 Å². The average molecular weight is 366 g/mol. The van der Waals surface area contributed by atoms with Crippen molar-refractivity contribution in [2.45, 2.75) is 70.6 Å². The molecule has 1 aliphatic heterocycles. The molecule has 0 spiro atoms. The molecule has 3 N–H and O–H groups in total. The molecule has 8 heteroatoms. The number of carbonyl (C=O) groups is 2. The molecule has 1 fully saturated rings. The fourth-order valence-corrected chi connectivity index (χ4v) is 4.35. The van der Waals surface area contributed by atoms with Crippen molar-refractivity contribution in [2.75, 3.05) is 12.3 Å². The third kappa shape index (κ3) is 4.23. The van der Waals surface area contributed by atoms with Crippen LogP contribution >= 0.6 is 11.3 Å². The third-order valence-electron chi connectivity index (χ3n) is 4.49. The molecule has 1 aromatic rings. The Morgan fingerprint density at radius 1 is 1.36 bits per heavy atom. The van der Waals surface area contributed by atoms with Crippen molar-refractivity contribution in [2.24, 2.45) is 0 Å². The van der Waals surface area contributed by atoms with E-state index in [1.165, 1.54) is 11.3 Å². The first-order chi connectivity index (χ1) is 11.7. The number of nitrogen functional groups attached to an aromatic ring is 1. The molecule has 0 radical (unpaired) electrons. The molecule has 7 nitrogen and oxygen atoms in total. The van der Waals surface area contributed by atoms with Crippen molar-refractivity contribution < 1.29 is 14.3 Å². The van der Waals surface area contributed by atoms with Crippen molar-refractivity contribution >= 4 is 28.5 Å². The lowest BCUT2D eigenvalue weighted by Crippen LogP contribution is -2.50. The van der Waals surface area contributed by atoms with Gasteiger partial charge in [-0.05, 0) is 46.5 Å². The molecule has 1 saturated heterocycles. The number of carbonyl (C=O) groups excluding carboxylic acids is 2. The SMILES string of the molecule is CC(C)(C)OC(=O)N1CCC[C@H]1C(=O)N[C@H]1CCc2nc(N)sc2C1. The van der Waals surface area contributed by atoms with Crippen molar-refractivity contribution in [3.63, 3.8) is 0 Å². The van der Waals surface area contributed by atoms with Gasteiger partial charge in [-0.25, -0.2) is 9.78 Å². The van der Waals surface area contributed by atoms with Gasteiger partial charge in [-0.3, -0.25) is 9.69 Å². The number of nitrogens with zero attached hydrogens (tertiary/aromatic N) is 2. The number of anilines is 1. The quantitative estimate of drug-likeness (QED) is 0.835. The molecular formula is C17H26N4O3S. The first-order valence-corrected chi connectivity index (χ1v) is 9.58. The summed E-state index contributed by atoms with van der Waals surface area (Å²) in [6.07, 6.45) is 3.52. The molecule has 2 aliphatic rings. The summed E-state index contributed by atoms with van der Waals surface area (Å²) in [5.41, 5.74) is 6.27. The molecule has 0 aromatic carbocycles. The van der Waals surface area contributed by atoms with Crippen molar-refractivity contribution in [1.82, 2.24) is 15.2 Å². The second-order valence-electron chi connectivity index (χ2n) is 7.70. The van der Waals surface area contributed by atoms with E-state index in [0.717, 1.165) is 36.3 Å². The predicted molar refractivity (Wildman–Crippen MR) is 96.4 cm³/mol. The van der Waals surface area contributed by atoms with Gasteiger partial charge in [0.1, 0.15) is 11.6 Å². The number of nitrogens with one attached hydrogen (secondary N) is 1. The lowest BCUT2D eigenvalue weighted by Gasteiger charge is -2.30. The Hall–Kier alpha value is -1.83. The summed E-state index contributed by atoms with van der Waals surface area (Å²) in [6.45, 7) is 6.05. The number of hydrogen-bond acceptors (Lipinski definition) is 6. The fourth-order valence-electron chi connectivity index (χ4n) is 3.39. The minimum absolute atomic E-state index is 0.0703. The van der Waals surface area contributed by atoms with Crippen molar-refractivity contribution in [1.29, 1.82) is 0 Å². The van der Waals surface area contributed by atoms with Crippen LogP contribution in [0.2, 0.25) is 0 Å². The van der Waals surface area contributed by atoms with Gasteiger partial charge in [0.25, 0.3) is 0 Å². The van der Waals surface area contributed by atoms with Gasteiger partial charge in [-0.15, -0.1) is 11.3 Å². The minimum atomic E-state index is -0.563. The van der Waals surface area contributed by atoms with E-state index in [9.17, 15) is 9.59 Å². The van der Waals surface area contributed by atoms with Crippen molar-refractivity contribution in [3.8, 4) is 0 Å². The first-order valence-electron chi connectivity index (χ1n) is 8.77. The lowest BCUT2D eigenvalue weighted by atomic mass is 9.97. The monoisotopic (exact) mass is 366 g/mol. The molecule has 2 heterocycles. The van der Waals surface area contributed by atoms with Crippen LogP contribution < -0.4 is 11.1 Å². The zero-order valence-electron chi connectivity index (χ0n) is 15.0. The maximum absolute atomic E-state index is 12.7. The summed E-state index contributed by atoms with van der Waals surface area (Å²) in [7, 11) is 0. The molecule has 25 heavy (non-hydrogen) atoms. The average Bonchev–Trinajstić information content (AvgIpc) is 3.10. The van der Waals surface area contributed by atoms with Gasteiger partial charge in [0.05, 0.1) is 5.69 Å². The van der Waals surface area contributed by atoms with E-state index in [4.69, 9.17) is 10.5 Å². The molecular weight excluding hydrogens is 340 g/mol. The van der Waals surface area contributed by atoms with Crippen LogP contribution in [0.25, 0.3) is 0 Å². The fraction of sp³-hybridized carbons (Fsp3) is 0.706. The predicted octanol–water partition coefficient (Wildman–Crippen LogP) is 2.10. The molecule has 0 bridgehead atoms. The number of amides is 2. The normalized spacial score (nSPS) is 23.2. The Morgan fingerprint density at radius 2 is 2.12 bits per heavy atom. The van der Waals surface area contributed by atoms with Gasteiger partial charge in [0, 0.05) is 23.9 Å². The molecule has 3 rings (SSSR count). The highest BCUT2D eigenvalue weighted by Gasteiger charge is 2.37. The molecule has 0 saturated carbocycles. The molecule has 1 aliphatic carbocycles. The molecule has 2 atom stereocenters. The second-order valence-corrected chi connectivity index (χ2v) is 8.82. The summed E-state index contributed by atoms with van der Waals surface area (Å²) in [5.74, 6) is -0.0886. The Morgan fingerprint density at radius 3 is 2.84 bits per heavy atom. The van der Waals surface area contributed by atoms with E-state index in [-0.39, 0.29) is 11.9 Å². The van der Waals surface area contributed by atoms with E-state index in [1.807, 2.05) is 20.8 Å². The summed E-state index contributed by atoms with van der Waals surface area (Å²) in [6, 6.07) is -0.372. The minimum Gasteiger partial charge on any atom is -0.444 e. The summed E-state index contributed by atoms with van der Waals surface area (Å²) in [5, 5.41) is 3.70. The number of thiazole rings is 1. The Bertz CT molecular complexity index is 667. The number of ether oxygens (including phenoxy) is 1.